The summed E-state index contributed by atoms with van der Waals surface area (Å²) in [6.07, 6.45) is 8.20. The first-order chi connectivity index (χ1) is 10.3. The van der Waals surface area contributed by atoms with Crippen LogP contribution in [0.2, 0.25) is 0 Å². The van der Waals surface area contributed by atoms with E-state index >= 15 is 0 Å². The molecule has 0 atom stereocenters. The molecular formula is C18H27N3. The number of rotatable bonds is 5. The molecule has 1 aromatic carbocycles. The highest BCUT2D eigenvalue weighted by atomic mass is 15.1. The first-order valence-electron chi connectivity index (χ1n) is 8.41. The third-order valence-corrected chi connectivity index (χ3v) is 4.97. The molecule has 3 nitrogen and oxygen atoms in total. The fraction of sp³-hybridized carbons (Fsp3) is 0.611. The van der Waals surface area contributed by atoms with Crippen molar-refractivity contribution < 1.29 is 0 Å². The molecule has 1 heterocycles. The first-order valence-corrected chi connectivity index (χ1v) is 8.41. The van der Waals surface area contributed by atoms with Crippen LogP contribution in [0.4, 0.5) is 0 Å². The Hall–Kier alpha value is -1.35. The van der Waals surface area contributed by atoms with Crippen molar-refractivity contribution >= 4 is 11.0 Å². The van der Waals surface area contributed by atoms with Crippen molar-refractivity contribution in [3.8, 4) is 0 Å². The Morgan fingerprint density at radius 1 is 1.19 bits per heavy atom. The second kappa shape index (κ2) is 6.61. The number of hydrogen-bond donors (Lipinski definition) is 1. The van der Waals surface area contributed by atoms with Gasteiger partial charge in [0.15, 0.2) is 0 Å². The quantitative estimate of drug-likeness (QED) is 0.899. The molecule has 1 N–H and O–H groups in total. The molecule has 1 fully saturated rings. The van der Waals surface area contributed by atoms with Gasteiger partial charge in [0.05, 0.1) is 17.6 Å². The first kappa shape index (κ1) is 14.6. The third-order valence-electron chi connectivity index (χ3n) is 4.97. The van der Waals surface area contributed by atoms with Crippen molar-refractivity contribution in [1.29, 1.82) is 0 Å². The van der Waals surface area contributed by atoms with E-state index in [1.54, 1.807) is 0 Å². The third kappa shape index (κ3) is 3.29. The molecule has 0 radical (unpaired) electrons. The van der Waals surface area contributed by atoms with Crippen LogP contribution in [0.5, 0.6) is 0 Å². The van der Waals surface area contributed by atoms with E-state index in [4.69, 9.17) is 4.98 Å². The highest BCUT2D eigenvalue weighted by Crippen LogP contribution is 2.27. The summed E-state index contributed by atoms with van der Waals surface area (Å²) in [6, 6.07) is 9.05. The lowest BCUT2D eigenvalue weighted by atomic mass is 9.83. The van der Waals surface area contributed by atoms with Crippen LogP contribution in [-0.2, 0) is 13.6 Å². The number of benzene rings is 1. The molecule has 0 unspecified atom stereocenters. The molecule has 21 heavy (non-hydrogen) atoms. The highest BCUT2D eigenvalue weighted by molar-refractivity contribution is 5.75. The standard InChI is InChI=1S/C18H27N3/c1-3-6-14-9-11-15(12-10-14)19-13-18-20-16-7-4-5-8-17(16)21(18)2/h4-5,7-8,14-15,19H,3,6,9-13H2,1-2H3. The van der Waals surface area contributed by atoms with Gasteiger partial charge < -0.3 is 9.88 Å². The van der Waals surface area contributed by atoms with Crippen LogP contribution in [0, 0.1) is 5.92 Å². The maximum absolute atomic E-state index is 4.74. The largest absolute Gasteiger partial charge is 0.330 e. The smallest absolute Gasteiger partial charge is 0.123 e. The molecule has 2 aromatic rings. The highest BCUT2D eigenvalue weighted by Gasteiger charge is 2.20. The molecule has 1 aromatic heterocycles. The topological polar surface area (TPSA) is 29.9 Å². The molecule has 1 aliphatic rings. The second-order valence-electron chi connectivity index (χ2n) is 6.46. The van der Waals surface area contributed by atoms with Gasteiger partial charge in [0.25, 0.3) is 0 Å². The van der Waals surface area contributed by atoms with E-state index in [-0.39, 0.29) is 0 Å². The van der Waals surface area contributed by atoms with Crippen LogP contribution in [0.3, 0.4) is 0 Å². The van der Waals surface area contributed by atoms with Crippen LogP contribution in [0.1, 0.15) is 51.3 Å². The zero-order valence-corrected chi connectivity index (χ0v) is 13.3. The number of hydrogen-bond acceptors (Lipinski definition) is 2. The molecular weight excluding hydrogens is 258 g/mol. The fourth-order valence-electron chi connectivity index (χ4n) is 3.65. The van der Waals surface area contributed by atoms with Crippen molar-refractivity contribution in [2.45, 2.75) is 58.0 Å². The minimum absolute atomic E-state index is 0.679. The second-order valence-corrected chi connectivity index (χ2v) is 6.46. The Bertz CT molecular complexity index is 579. The van der Waals surface area contributed by atoms with Gasteiger partial charge in [-0.25, -0.2) is 4.98 Å². The van der Waals surface area contributed by atoms with Crippen molar-refractivity contribution in [3.63, 3.8) is 0 Å². The Morgan fingerprint density at radius 3 is 2.67 bits per heavy atom. The summed E-state index contributed by atoms with van der Waals surface area (Å²) >= 11 is 0. The van der Waals surface area contributed by atoms with Gasteiger partial charge in [0, 0.05) is 13.1 Å². The molecule has 0 bridgehead atoms. The molecule has 3 rings (SSSR count). The van der Waals surface area contributed by atoms with Crippen molar-refractivity contribution in [2.75, 3.05) is 0 Å². The maximum atomic E-state index is 4.74. The van der Waals surface area contributed by atoms with Crippen LogP contribution < -0.4 is 5.32 Å². The number of para-hydroxylation sites is 2. The van der Waals surface area contributed by atoms with Crippen LogP contribution in [0.25, 0.3) is 11.0 Å². The van der Waals surface area contributed by atoms with E-state index in [0.29, 0.717) is 6.04 Å². The molecule has 3 heteroatoms. The van der Waals surface area contributed by atoms with E-state index in [1.807, 2.05) is 0 Å². The van der Waals surface area contributed by atoms with Crippen LogP contribution in [-0.4, -0.2) is 15.6 Å². The van der Waals surface area contributed by atoms with E-state index in [2.05, 4.69) is 48.1 Å². The van der Waals surface area contributed by atoms with Crippen LogP contribution in [0.15, 0.2) is 24.3 Å². The Morgan fingerprint density at radius 2 is 1.95 bits per heavy atom. The Kier molecular flexibility index (Phi) is 4.59. The van der Waals surface area contributed by atoms with Crippen molar-refractivity contribution in [2.24, 2.45) is 13.0 Å². The normalized spacial score (nSPS) is 22.8. The Balaban J connectivity index is 1.56. The summed E-state index contributed by atoms with van der Waals surface area (Å²) in [7, 11) is 2.12. The average molecular weight is 285 g/mol. The number of aromatic nitrogens is 2. The summed E-state index contributed by atoms with van der Waals surface area (Å²) in [6.45, 7) is 3.18. The predicted molar refractivity (Wildman–Crippen MR) is 88.2 cm³/mol. The summed E-state index contributed by atoms with van der Waals surface area (Å²) < 4.78 is 2.21. The van der Waals surface area contributed by atoms with E-state index in [9.17, 15) is 0 Å². The number of fused-ring (bicyclic) bond motifs is 1. The van der Waals surface area contributed by atoms with Gasteiger partial charge in [0.1, 0.15) is 5.82 Å². The van der Waals surface area contributed by atoms with E-state index < -0.39 is 0 Å². The zero-order chi connectivity index (χ0) is 14.7. The van der Waals surface area contributed by atoms with Gasteiger partial charge in [0.2, 0.25) is 0 Å². The summed E-state index contributed by atoms with van der Waals surface area (Å²) in [5.74, 6) is 2.12. The average Bonchev–Trinajstić information content (AvgIpc) is 2.84. The summed E-state index contributed by atoms with van der Waals surface area (Å²) in [4.78, 5) is 4.74. The van der Waals surface area contributed by atoms with Gasteiger partial charge in [-0.15, -0.1) is 0 Å². The lowest BCUT2D eigenvalue weighted by Crippen LogP contribution is -2.33. The van der Waals surface area contributed by atoms with Crippen LogP contribution >= 0.6 is 0 Å². The molecule has 0 spiro atoms. The monoisotopic (exact) mass is 285 g/mol. The number of nitrogens with one attached hydrogen (secondary N) is 1. The molecule has 0 aliphatic heterocycles. The predicted octanol–water partition coefficient (Wildman–Crippen LogP) is 4.02. The van der Waals surface area contributed by atoms with Crippen molar-refractivity contribution in [1.82, 2.24) is 14.9 Å². The Labute approximate surface area is 127 Å². The molecule has 1 aliphatic carbocycles. The summed E-state index contributed by atoms with van der Waals surface area (Å²) in [5.41, 5.74) is 2.32. The molecule has 1 saturated carbocycles. The number of nitrogens with zero attached hydrogens (tertiary/aromatic N) is 2. The zero-order valence-electron chi connectivity index (χ0n) is 13.3. The van der Waals surface area contributed by atoms with Gasteiger partial charge in [-0.2, -0.15) is 0 Å². The lowest BCUT2D eigenvalue weighted by molar-refractivity contribution is 0.276. The maximum Gasteiger partial charge on any atom is 0.123 e. The van der Waals surface area contributed by atoms with E-state index in [0.717, 1.165) is 23.8 Å². The fourth-order valence-corrected chi connectivity index (χ4v) is 3.65. The SMILES string of the molecule is CCCC1CCC(NCc2nc3ccccc3n2C)CC1. The number of aryl methyl sites for hydroxylation is 1. The number of imidazole rings is 1. The van der Waals surface area contributed by atoms with Gasteiger partial charge >= 0.3 is 0 Å². The molecule has 0 saturated heterocycles. The van der Waals surface area contributed by atoms with E-state index in [1.165, 1.54) is 44.0 Å². The van der Waals surface area contributed by atoms with Gasteiger partial charge in [-0.3, -0.25) is 0 Å². The lowest BCUT2D eigenvalue weighted by Gasteiger charge is -2.29. The summed E-state index contributed by atoms with van der Waals surface area (Å²) in [5, 5.41) is 3.72. The van der Waals surface area contributed by atoms with Crippen molar-refractivity contribution in [3.05, 3.63) is 30.1 Å². The van der Waals surface area contributed by atoms with Gasteiger partial charge in [-0.1, -0.05) is 31.9 Å². The molecule has 0 amide bonds. The van der Waals surface area contributed by atoms with Gasteiger partial charge in [-0.05, 0) is 43.7 Å². The minimum Gasteiger partial charge on any atom is -0.330 e. The minimum atomic E-state index is 0.679. The molecule has 114 valence electrons.